The molecule has 0 aromatic heterocycles. The topological polar surface area (TPSA) is 62.1 Å². The van der Waals surface area contributed by atoms with Gasteiger partial charge in [-0.1, -0.05) is 0 Å². The Morgan fingerprint density at radius 3 is 2.55 bits per heavy atom. The first kappa shape index (κ1) is 14.1. The first-order valence-electron chi connectivity index (χ1n) is 5.79. The average Bonchev–Trinajstić information content (AvgIpc) is 2.49. The Hall–Kier alpha value is -2.32. The lowest BCUT2D eigenvalue weighted by atomic mass is 10.1. The maximum absolute atomic E-state index is 12.1. The number of hydrogen-bond acceptors (Lipinski definition) is 3. The van der Waals surface area contributed by atoms with Crippen molar-refractivity contribution in [2.24, 2.45) is 0 Å². The smallest absolute Gasteiger partial charge is 0.255 e. The van der Waals surface area contributed by atoms with E-state index in [0.717, 1.165) is 4.47 Å². The van der Waals surface area contributed by atoms with Gasteiger partial charge in [-0.3, -0.25) is 4.79 Å². The predicted octanol–water partition coefficient (Wildman–Crippen LogP) is 3.58. The van der Waals surface area contributed by atoms with Gasteiger partial charge in [0, 0.05) is 16.1 Å². The van der Waals surface area contributed by atoms with E-state index in [1.165, 1.54) is 0 Å². The molecular formula is C15H11BrN2O2. The number of carbonyl (C=O) groups excluding carboxylic acids is 1. The summed E-state index contributed by atoms with van der Waals surface area (Å²) in [5, 5.41) is 11.5. The molecular weight excluding hydrogens is 320 g/mol. The van der Waals surface area contributed by atoms with E-state index in [1.807, 2.05) is 6.07 Å². The quantitative estimate of drug-likeness (QED) is 0.935. The number of hydrogen-bond donors (Lipinski definition) is 1. The maximum atomic E-state index is 12.1. The molecule has 1 N–H and O–H groups in total. The number of benzene rings is 2. The largest absolute Gasteiger partial charge is 0.497 e. The number of halogens is 1. The molecule has 4 nitrogen and oxygen atoms in total. The van der Waals surface area contributed by atoms with Crippen LogP contribution in [-0.4, -0.2) is 13.0 Å². The first-order chi connectivity index (χ1) is 9.63. The van der Waals surface area contributed by atoms with E-state index < -0.39 is 0 Å². The van der Waals surface area contributed by atoms with Crippen molar-refractivity contribution >= 4 is 27.5 Å². The predicted molar refractivity (Wildman–Crippen MR) is 79.8 cm³/mol. The van der Waals surface area contributed by atoms with Gasteiger partial charge in [0.2, 0.25) is 0 Å². The van der Waals surface area contributed by atoms with Crippen LogP contribution in [0.4, 0.5) is 5.69 Å². The second kappa shape index (κ2) is 6.22. The van der Waals surface area contributed by atoms with Gasteiger partial charge in [0.25, 0.3) is 5.91 Å². The highest BCUT2D eigenvalue weighted by atomic mass is 79.9. The number of nitriles is 1. The minimum atomic E-state index is -0.247. The molecule has 5 heteroatoms. The Labute approximate surface area is 125 Å². The van der Waals surface area contributed by atoms with Crippen LogP contribution in [-0.2, 0) is 0 Å². The van der Waals surface area contributed by atoms with Gasteiger partial charge in [-0.25, -0.2) is 0 Å². The summed E-state index contributed by atoms with van der Waals surface area (Å²) in [5.74, 6) is 0.409. The fourth-order valence-electron chi connectivity index (χ4n) is 1.62. The van der Waals surface area contributed by atoms with Crippen LogP contribution in [0.1, 0.15) is 15.9 Å². The number of rotatable bonds is 3. The Bertz CT molecular complexity index is 675. The van der Waals surface area contributed by atoms with Crippen LogP contribution in [0.5, 0.6) is 5.75 Å². The fraction of sp³-hybridized carbons (Fsp3) is 0.0667. The van der Waals surface area contributed by atoms with Crippen LogP contribution < -0.4 is 10.1 Å². The van der Waals surface area contributed by atoms with E-state index in [2.05, 4.69) is 21.2 Å². The summed E-state index contributed by atoms with van der Waals surface area (Å²) in [5.41, 5.74) is 1.63. The third-order valence-electron chi connectivity index (χ3n) is 2.70. The standard InChI is InChI=1S/C15H11BrN2O2/c1-20-12-6-7-13(16)14(8-12)18-15(19)11-4-2-10(9-17)3-5-11/h2-8H,1H3,(H,18,19). The van der Waals surface area contributed by atoms with Crippen LogP contribution in [0, 0.1) is 11.3 Å². The molecule has 20 heavy (non-hydrogen) atoms. The summed E-state index contributed by atoms with van der Waals surface area (Å²) >= 11 is 3.37. The highest BCUT2D eigenvalue weighted by molar-refractivity contribution is 9.10. The number of methoxy groups -OCH3 is 1. The summed E-state index contributed by atoms with van der Waals surface area (Å²) in [6.07, 6.45) is 0. The van der Waals surface area contributed by atoms with E-state index in [0.29, 0.717) is 22.6 Å². The van der Waals surface area contributed by atoms with E-state index in [9.17, 15) is 4.79 Å². The van der Waals surface area contributed by atoms with E-state index >= 15 is 0 Å². The Morgan fingerprint density at radius 2 is 1.95 bits per heavy atom. The summed E-state index contributed by atoms with van der Waals surface area (Å²) in [7, 11) is 1.56. The van der Waals surface area contributed by atoms with Crippen molar-refractivity contribution in [1.82, 2.24) is 0 Å². The van der Waals surface area contributed by atoms with Gasteiger partial charge in [0.15, 0.2) is 0 Å². The number of nitrogens with zero attached hydrogens (tertiary/aromatic N) is 1. The molecule has 0 aliphatic carbocycles. The zero-order valence-electron chi connectivity index (χ0n) is 10.7. The van der Waals surface area contributed by atoms with Crippen molar-refractivity contribution in [1.29, 1.82) is 5.26 Å². The van der Waals surface area contributed by atoms with Gasteiger partial charge in [0.05, 0.1) is 24.4 Å². The Balaban J connectivity index is 2.20. The molecule has 0 heterocycles. The summed E-state index contributed by atoms with van der Waals surface area (Å²) in [6, 6.07) is 13.8. The second-order valence-electron chi connectivity index (χ2n) is 3.99. The summed E-state index contributed by atoms with van der Waals surface area (Å²) in [4.78, 5) is 12.1. The number of amides is 1. The molecule has 0 saturated carbocycles. The molecule has 0 unspecified atom stereocenters. The van der Waals surface area contributed by atoms with Crippen molar-refractivity contribution in [3.63, 3.8) is 0 Å². The lowest BCUT2D eigenvalue weighted by Crippen LogP contribution is -2.12. The van der Waals surface area contributed by atoms with Crippen molar-refractivity contribution < 1.29 is 9.53 Å². The zero-order chi connectivity index (χ0) is 14.5. The Kier molecular flexibility index (Phi) is 4.38. The third-order valence-corrected chi connectivity index (χ3v) is 3.39. The molecule has 0 saturated heterocycles. The van der Waals surface area contributed by atoms with Gasteiger partial charge >= 0.3 is 0 Å². The lowest BCUT2D eigenvalue weighted by molar-refractivity contribution is 0.102. The molecule has 0 radical (unpaired) electrons. The highest BCUT2D eigenvalue weighted by Gasteiger charge is 2.09. The number of ether oxygens (including phenoxy) is 1. The van der Waals surface area contributed by atoms with Crippen LogP contribution in [0.3, 0.4) is 0 Å². The van der Waals surface area contributed by atoms with Crippen molar-refractivity contribution in [3.05, 3.63) is 58.1 Å². The zero-order valence-corrected chi connectivity index (χ0v) is 12.3. The first-order valence-corrected chi connectivity index (χ1v) is 6.58. The Morgan fingerprint density at radius 1 is 1.25 bits per heavy atom. The lowest BCUT2D eigenvalue weighted by Gasteiger charge is -2.09. The summed E-state index contributed by atoms with van der Waals surface area (Å²) < 4.78 is 5.88. The normalized spacial score (nSPS) is 9.65. The second-order valence-corrected chi connectivity index (χ2v) is 4.84. The molecule has 100 valence electrons. The van der Waals surface area contributed by atoms with Crippen LogP contribution in [0.2, 0.25) is 0 Å². The molecule has 2 aromatic rings. The maximum Gasteiger partial charge on any atom is 0.255 e. The van der Waals surface area contributed by atoms with Crippen LogP contribution in [0.15, 0.2) is 46.9 Å². The molecule has 0 aliphatic heterocycles. The molecule has 1 amide bonds. The highest BCUT2D eigenvalue weighted by Crippen LogP contribution is 2.27. The molecule has 0 fully saturated rings. The molecule has 0 aliphatic rings. The number of carbonyl (C=O) groups is 1. The van der Waals surface area contributed by atoms with Crippen molar-refractivity contribution in [2.75, 3.05) is 12.4 Å². The van der Waals surface area contributed by atoms with E-state index in [1.54, 1.807) is 49.6 Å². The third kappa shape index (κ3) is 3.16. The van der Waals surface area contributed by atoms with Gasteiger partial charge in [0.1, 0.15) is 5.75 Å². The van der Waals surface area contributed by atoms with E-state index in [4.69, 9.17) is 10.00 Å². The molecule has 2 rings (SSSR count). The summed E-state index contributed by atoms with van der Waals surface area (Å²) in [6.45, 7) is 0. The minimum Gasteiger partial charge on any atom is -0.497 e. The van der Waals surface area contributed by atoms with Gasteiger partial charge in [-0.15, -0.1) is 0 Å². The number of nitrogens with one attached hydrogen (secondary N) is 1. The minimum absolute atomic E-state index is 0.247. The molecule has 0 bridgehead atoms. The fourth-order valence-corrected chi connectivity index (χ4v) is 1.96. The van der Waals surface area contributed by atoms with Crippen LogP contribution in [0.25, 0.3) is 0 Å². The van der Waals surface area contributed by atoms with Gasteiger partial charge in [-0.05, 0) is 52.3 Å². The van der Waals surface area contributed by atoms with Crippen molar-refractivity contribution in [3.8, 4) is 11.8 Å². The van der Waals surface area contributed by atoms with Gasteiger partial charge in [-0.2, -0.15) is 5.26 Å². The molecule has 0 atom stereocenters. The molecule has 0 spiro atoms. The van der Waals surface area contributed by atoms with Crippen molar-refractivity contribution in [2.45, 2.75) is 0 Å². The monoisotopic (exact) mass is 330 g/mol. The van der Waals surface area contributed by atoms with Crippen LogP contribution >= 0.6 is 15.9 Å². The SMILES string of the molecule is COc1ccc(Br)c(NC(=O)c2ccc(C#N)cc2)c1. The molecule has 2 aromatic carbocycles. The number of anilines is 1. The van der Waals surface area contributed by atoms with Gasteiger partial charge < -0.3 is 10.1 Å². The average molecular weight is 331 g/mol. The van der Waals surface area contributed by atoms with E-state index in [-0.39, 0.29) is 5.91 Å².